The quantitative estimate of drug-likeness (QED) is 0.440. The molecule has 3 aromatic rings. The zero-order valence-electron chi connectivity index (χ0n) is 13.2. The number of hydrogen-bond donors (Lipinski definition) is 1. The van der Waals surface area contributed by atoms with Crippen LogP contribution in [0.4, 0.5) is 5.82 Å². The molecule has 8 nitrogen and oxygen atoms in total. The zero-order chi connectivity index (χ0) is 18.0. The predicted octanol–water partition coefficient (Wildman–Crippen LogP) is 2.88. The van der Waals surface area contributed by atoms with E-state index in [9.17, 15) is 15.3 Å². The van der Waals surface area contributed by atoms with Crippen LogP contribution in [0.2, 0.25) is 5.02 Å². The Labute approximate surface area is 147 Å². The van der Waals surface area contributed by atoms with Crippen molar-refractivity contribution in [3.63, 3.8) is 0 Å². The van der Waals surface area contributed by atoms with Crippen LogP contribution in [0.3, 0.4) is 0 Å². The van der Waals surface area contributed by atoms with Crippen molar-refractivity contribution in [3.8, 4) is 5.69 Å². The first-order chi connectivity index (χ1) is 12.0. The van der Waals surface area contributed by atoms with Gasteiger partial charge >= 0.3 is 5.82 Å². The lowest BCUT2D eigenvalue weighted by atomic mass is 10.2. The Bertz CT molecular complexity index is 1010. The number of nitrogens with zero attached hydrogens (tertiary/aromatic N) is 5. The van der Waals surface area contributed by atoms with E-state index < -0.39 is 10.7 Å². The van der Waals surface area contributed by atoms with Crippen LogP contribution in [0.25, 0.3) is 5.69 Å². The molecule has 0 fully saturated rings. The van der Waals surface area contributed by atoms with Gasteiger partial charge in [-0.05, 0) is 46.0 Å². The van der Waals surface area contributed by atoms with E-state index in [1.165, 1.54) is 0 Å². The molecule has 0 unspecified atom stereocenters. The maximum atomic E-state index is 11.3. The Hall–Kier alpha value is -3.13. The second-order valence-corrected chi connectivity index (χ2v) is 5.74. The Morgan fingerprint density at radius 1 is 1.28 bits per heavy atom. The van der Waals surface area contributed by atoms with Crippen molar-refractivity contribution in [2.24, 2.45) is 4.99 Å². The summed E-state index contributed by atoms with van der Waals surface area (Å²) in [4.78, 5) is 16.3. The van der Waals surface area contributed by atoms with Crippen LogP contribution in [-0.2, 0) is 6.54 Å². The number of halogens is 1. The molecule has 0 saturated heterocycles. The van der Waals surface area contributed by atoms with E-state index >= 15 is 0 Å². The molecule has 1 N–H and O–H groups in total. The van der Waals surface area contributed by atoms with Crippen molar-refractivity contribution in [1.82, 2.24) is 14.7 Å². The lowest BCUT2D eigenvalue weighted by molar-refractivity contribution is -0.391. The van der Waals surface area contributed by atoms with E-state index in [1.54, 1.807) is 42.5 Å². The molecular weight excluding hydrogens is 346 g/mol. The monoisotopic (exact) mass is 359 g/mol. The molecule has 0 saturated carbocycles. The summed E-state index contributed by atoms with van der Waals surface area (Å²) in [5.41, 5.74) is 1.82. The molecule has 1 aromatic heterocycles. The number of rotatable bonds is 4. The number of nitro groups is 1. The van der Waals surface area contributed by atoms with Crippen LogP contribution in [0.15, 0.2) is 53.5 Å². The van der Waals surface area contributed by atoms with Crippen molar-refractivity contribution >= 4 is 17.4 Å². The highest BCUT2D eigenvalue weighted by Crippen LogP contribution is 2.16. The smallest absolute Gasteiger partial charge is 0.409 e. The Balaban J connectivity index is 2.11. The molecule has 25 heavy (non-hydrogen) atoms. The summed E-state index contributed by atoms with van der Waals surface area (Å²) in [5.74, 6) is -0.545. The number of hydrogen-bond acceptors (Lipinski definition) is 5. The molecule has 2 aromatic carbocycles. The number of aryl methyl sites for hydroxylation is 1. The molecule has 9 heteroatoms. The molecule has 0 aliphatic carbocycles. The minimum absolute atomic E-state index is 0.0700. The van der Waals surface area contributed by atoms with Crippen molar-refractivity contribution in [3.05, 3.63) is 80.3 Å². The van der Waals surface area contributed by atoms with Gasteiger partial charge in [0, 0.05) is 5.02 Å². The first-order valence-electron chi connectivity index (χ1n) is 7.34. The first kappa shape index (κ1) is 16.7. The summed E-state index contributed by atoms with van der Waals surface area (Å²) >= 11 is 6.07. The Morgan fingerprint density at radius 3 is 2.72 bits per heavy atom. The maximum Gasteiger partial charge on any atom is 0.438 e. The van der Waals surface area contributed by atoms with E-state index in [0.717, 1.165) is 10.4 Å². The normalized spacial score (nSPS) is 11.7. The van der Waals surface area contributed by atoms with Gasteiger partial charge in [-0.25, -0.2) is 0 Å². The van der Waals surface area contributed by atoms with Gasteiger partial charge in [-0.1, -0.05) is 46.8 Å². The fraction of sp³-hybridized carbons (Fsp3) is 0.125. The summed E-state index contributed by atoms with van der Waals surface area (Å²) in [6.07, 6.45) is 0. The topological polar surface area (TPSA) is 98.5 Å². The van der Waals surface area contributed by atoms with E-state index in [2.05, 4.69) is 10.1 Å². The predicted molar refractivity (Wildman–Crippen MR) is 90.8 cm³/mol. The lowest BCUT2D eigenvalue weighted by Gasteiger charge is -2.01. The standard InChI is InChI=1S/C16H14ClN5O3/c1-11-5-4-7-13(9-11)20-19-16(22(24)25)15(21(20)23)18-10-12-6-2-3-8-14(12)17/h2-9,23H,10H2,1H3. The van der Waals surface area contributed by atoms with E-state index in [1.807, 2.05) is 13.0 Å². The second kappa shape index (κ2) is 6.78. The van der Waals surface area contributed by atoms with E-state index in [0.29, 0.717) is 21.1 Å². The van der Waals surface area contributed by atoms with Gasteiger partial charge in [0.1, 0.15) is 5.69 Å². The van der Waals surface area contributed by atoms with Crippen LogP contribution in [-0.4, -0.2) is 24.9 Å². The van der Waals surface area contributed by atoms with Gasteiger partial charge in [0.2, 0.25) is 0 Å². The van der Waals surface area contributed by atoms with Gasteiger partial charge in [-0.3, -0.25) is 4.99 Å². The lowest BCUT2D eigenvalue weighted by Crippen LogP contribution is -2.22. The largest absolute Gasteiger partial charge is 0.438 e. The molecule has 0 atom stereocenters. The third-order valence-electron chi connectivity index (χ3n) is 3.52. The van der Waals surface area contributed by atoms with Crippen molar-refractivity contribution < 1.29 is 10.1 Å². The molecule has 0 aliphatic heterocycles. The van der Waals surface area contributed by atoms with Crippen LogP contribution >= 0.6 is 11.6 Å². The third-order valence-corrected chi connectivity index (χ3v) is 3.89. The zero-order valence-corrected chi connectivity index (χ0v) is 14.0. The molecule has 0 bridgehead atoms. The van der Waals surface area contributed by atoms with Gasteiger partial charge in [-0.15, -0.1) is 0 Å². The third kappa shape index (κ3) is 3.38. The molecule has 0 aliphatic rings. The average molecular weight is 360 g/mol. The van der Waals surface area contributed by atoms with Crippen LogP contribution < -0.4 is 5.49 Å². The highest BCUT2D eigenvalue weighted by Gasteiger charge is 2.24. The van der Waals surface area contributed by atoms with E-state index in [4.69, 9.17) is 11.6 Å². The highest BCUT2D eigenvalue weighted by molar-refractivity contribution is 6.31. The maximum absolute atomic E-state index is 11.3. The Kier molecular flexibility index (Phi) is 4.53. The molecular formula is C16H14ClN5O3. The van der Waals surface area contributed by atoms with Gasteiger partial charge in [0.25, 0.3) is 5.49 Å². The van der Waals surface area contributed by atoms with Crippen LogP contribution in [0.5, 0.6) is 0 Å². The number of aromatic nitrogens is 3. The summed E-state index contributed by atoms with van der Waals surface area (Å²) in [5, 5.41) is 26.0. The molecule has 0 radical (unpaired) electrons. The van der Waals surface area contributed by atoms with Gasteiger partial charge in [0.15, 0.2) is 0 Å². The molecule has 0 spiro atoms. The molecule has 3 rings (SSSR count). The van der Waals surface area contributed by atoms with Crippen LogP contribution in [0.1, 0.15) is 11.1 Å². The summed E-state index contributed by atoms with van der Waals surface area (Å²) < 4.78 is 0. The summed E-state index contributed by atoms with van der Waals surface area (Å²) in [7, 11) is 0. The summed E-state index contributed by atoms with van der Waals surface area (Å²) in [6, 6.07) is 14.1. The Morgan fingerprint density at radius 2 is 2.04 bits per heavy atom. The van der Waals surface area contributed by atoms with E-state index in [-0.39, 0.29) is 12.0 Å². The van der Waals surface area contributed by atoms with Gasteiger partial charge in [0.05, 0.1) is 11.6 Å². The fourth-order valence-electron chi connectivity index (χ4n) is 2.31. The number of benzene rings is 2. The molecule has 0 amide bonds. The highest BCUT2D eigenvalue weighted by atomic mass is 35.5. The van der Waals surface area contributed by atoms with Crippen LogP contribution in [0, 0.1) is 17.0 Å². The SMILES string of the molecule is Cc1cccc(-n2nc([N+](=O)[O-])c(=NCc3ccccc3Cl)n2O)c1. The minimum Gasteiger partial charge on any atom is -0.409 e. The average Bonchev–Trinajstić information content (AvgIpc) is 2.91. The second-order valence-electron chi connectivity index (χ2n) is 5.33. The fourth-order valence-corrected chi connectivity index (χ4v) is 2.51. The first-order valence-corrected chi connectivity index (χ1v) is 7.72. The minimum atomic E-state index is -0.690. The van der Waals surface area contributed by atoms with Gasteiger partial charge < -0.3 is 15.3 Å². The van der Waals surface area contributed by atoms with Crippen molar-refractivity contribution in [2.45, 2.75) is 13.5 Å². The van der Waals surface area contributed by atoms with Gasteiger partial charge in [-0.2, -0.15) is 0 Å². The van der Waals surface area contributed by atoms with Crippen molar-refractivity contribution in [2.75, 3.05) is 0 Å². The molecule has 1 heterocycles. The van der Waals surface area contributed by atoms with Crippen molar-refractivity contribution in [1.29, 1.82) is 0 Å². The molecule has 128 valence electrons. The summed E-state index contributed by atoms with van der Waals surface area (Å²) in [6.45, 7) is 1.94.